The minimum absolute atomic E-state index is 0.279. The Hall–Kier alpha value is -0.570. The van der Waals surface area contributed by atoms with E-state index in [-0.39, 0.29) is 5.91 Å². The highest BCUT2D eigenvalue weighted by atomic mass is 16.2. The van der Waals surface area contributed by atoms with Crippen LogP contribution in [-0.4, -0.2) is 30.9 Å². The highest BCUT2D eigenvalue weighted by Gasteiger charge is 2.27. The second-order valence-corrected chi connectivity index (χ2v) is 3.18. The molecule has 11 heavy (non-hydrogen) atoms. The van der Waals surface area contributed by atoms with Gasteiger partial charge in [-0.25, -0.2) is 0 Å². The van der Waals surface area contributed by atoms with Gasteiger partial charge in [0.15, 0.2) is 0 Å². The third-order valence-electron chi connectivity index (χ3n) is 2.30. The fraction of sp³-hybridized carbons (Fsp3) is 0.875. The van der Waals surface area contributed by atoms with E-state index in [1.54, 1.807) is 4.90 Å². The van der Waals surface area contributed by atoms with Crippen LogP contribution in [0.25, 0.3) is 0 Å². The second kappa shape index (κ2) is 3.72. The van der Waals surface area contributed by atoms with Crippen LogP contribution in [0.1, 0.15) is 19.3 Å². The van der Waals surface area contributed by atoms with Crippen LogP contribution in [-0.2, 0) is 4.79 Å². The van der Waals surface area contributed by atoms with Gasteiger partial charge in [0.25, 0.3) is 0 Å². The molecule has 1 aliphatic rings. The van der Waals surface area contributed by atoms with Gasteiger partial charge in [0.2, 0.25) is 5.91 Å². The molecule has 0 aromatic rings. The van der Waals surface area contributed by atoms with Gasteiger partial charge >= 0.3 is 0 Å². The first-order chi connectivity index (χ1) is 5.25. The highest BCUT2D eigenvalue weighted by molar-refractivity contribution is 5.79. The fourth-order valence-electron chi connectivity index (χ4n) is 1.27. The molecule has 0 unspecified atom stereocenters. The van der Waals surface area contributed by atoms with Crippen molar-refractivity contribution in [3.05, 3.63) is 0 Å². The lowest BCUT2D eigenvalue weighted by Crippen LogP contribution is -2.38. The Morgan fingerprint density at radius 2 is 2.27 bits per heavy atom. The van der Waals surface area contributed by atoms with E-state index in [1.807, 2.05) is 7.05 Å². The zero-order valence-corrected chi connectivity index (χ0v) is 7.05. The lowest BCUT2D eigenvalue weighted by Gasteiger charge is -2.28. The van der Waals surface area contributed by atoms with Gasteiger partial charge in [-0.15, -0.1) is 0 Å². The van der Waals surface area contributed by atoms with E-state index in [9.17, 15) is 4.79 Å². The molecule has 64 valence electrons. The summed E-state index contributed by atoms with van der Waals surface area (Å²) in [4.78, 5) is 13.1. The summed E-state index contributed by atoms with van der Waals surface area (Å²) >= 11 is 0. The van der Waals surface area contributed by atoms with Crippen molar-refractivity contribution < 1.29 is 4.79 Å². The van der Waals surface area contributed by atoms with Crippen LogP contribution in [0.15, 0.2) is 0 Å². The number of nitrogens with zero attached hydrogens (tertiary/aromatic N) is 1. The van der Waals surface area contributed by atoms with Crippen molar-refractivity contribution in [2.24, 2.45) is 11.7 Å². The fourth-order valence-corrected chi connectivity index (χ4v) is 1.27. The summed E-state index contributed by atoms with van der Waals surface area (Å²) in [6, 6.07) is 0. The molecular weight excluding hydrogens is 140 g/mol. The van der Waals surface area contributed by atoms with Crippen molar-refractivity contribution in [1.82, 2.24) is 4.90 Å². The largest absolute Gasteiger partial charge is 0.344 e. The molecule has 1 amide bonds. The average molecular weight is 156 g/mol. The van der Waals surface area contributed by atoms with Gasteiger partial charge in [-0.1, -0.05) is 6.42 Å². The smallest absolute Gasteiger partial charge is 0.225 e. The first-order valence-corrected chi connectivity index (χ1v) is 4.20. The van der Waals surface area contributed by atoms with Crippen molar-refractivity contribution in [1.29, 1.82) is 0 Å². The molecule has 0 heterocycles. The Morgan fingerprint density at radius 3 is 2.64 bits per heavy atom. The molecule has 0 aliphatic heterocycles. The number of likely N-dealkylation sites (N-methyl/N-ethyl adjacent to an activating group) is 1. The van der Waals surface area contributed by atoms with Gasteiger partial charge in [-0.3, -0.25) is 4.79 Å². The molecule has 3 nitrogen and oxygen atoms in total. The van der Waals surface area contributed by atoms with Crippen LogP contribution >= 0.6 is 0 Å². The molecule has 0 atom stereocenters. The quantitative estimate of drug-likeness (QED) is 0.634. The summed E-state index contributed by atoms with van der Waals surface area (Å²) < 4.78 is 0. The molecular formula is C8H16N2O. The molecule has 1 rings (SSSR count). The van der Waals surface area contributed by atoms with Gasteiger partial charge in [0.1, 0.15) is 0 Å². The maximum Gasteiger partial charge on any atom is 0.225 e. The lowest BCUT2D eigenvalue weighted by atomic mass is 9.84. The predicted octanol–water partition coefficient (Wildman–Crippen LogP) is 0.204. The highest BCUT2D eigenvalue weighted by Crippen LogP contribution is 2.27. The van der Waals surface area contributed by atoms with E-state index in [1.165, 1.54) is 6.42 Å². The molecule has 1 saturated carbocycles. The topological polar surface area (TPSA) is 46.3 Å². The number of hydrogen-bond donors (Lipinski definition) is 1. The number of hydrogen-bond acceptors (Lipinski definition) is 2. The minimum Gasteiger partial charge on any atom is -0.344 e. The van der Waals surface area contributed by atoms with Gasteiger partial charge in [-0.2, -0.15) is 0 Å². The molecule has 0 saturated heterocycles. The first-order valence-electron chi connectivity index (χ1n) is 4.20. The van der Waals surface area contributed by atoms with E-state index >= 15 is 0 Å². The van der Waals surface area contributed by atoms with E-state index in [4.69, 9.17) is 5.73 Å². The molecule has 0 spiro atoms. The zero-order valence-electron chi connectivity index (χ0n) is 7.05. The number of nitrogens with two attached hydrogens (primary N) is 1. The zero-order chi connectivity index (χ0) is 8.27. The van der Waals surface area contributed by atoms with E-state index < -0.39 is 0 Å². The molecule has 1 aliphatic carbocycles. The van der Waals surface area contributed by atoms with Gasteiger partial charge in [-0.05, 0) is 12.8 Å². The van der Waals surface area contributed by atoms with Crippen molar-refractivity contribution in [3.63, 3.8) is 0 Å². The Kier molecular flexibility index (Phi) is 2.88. The maximum absolute atomic E-state index is 11.4. The van der Waals surface area contributed by atoms with Crippen molar-refractivity contribution in [2.45, 2.75) is 19.3 Å². The Labute approximate surface area is 67.5 Å². The Bertz CT molecular complexity index is 143. The average Bonchev–Trinajstić information content (AvgIpc) is 1.84. The molecule has 0 bridgehead atoms. The van der Waals surface area contributed by atoms with E-state index in [0.29, 0.717) is 19.0 Å². The normalized spacial score (nSPS) is 17.6. The summed E-state index contributed by atoms with van der Waals surface area (Å²) in [6.45, 7) is 1.25. The number of carbonyl (C=O) groups is 1. The Morgan fingerprint density at radius 1 is 1.64 bits per heavy atom. The molecule has 0 aromatic carbocycles. The summed E-state index contributed by atoms with van der Waals surface area (Å²) in [5.41, 5.74) is 5.33. The molecule has 0 radical (unpaired) electrons. The summed E-state index contributed by atoms with van der Waals surface area (Å²) in [5, 5.41) is 0. The Balaban J connectivity index is 2.27. The maximum atomic E-state index is 11.4. The van der Waals surface area contributed by atoms with Gasteiger partial charge < -0.3 is 10.6 Å². The van der Waals surface area contributed by atoms with Crippen LogP contribution in [0.4, 0.5) is 0 Å². The van der Waals surface area contributed by atoms with Crippen molar-refractivity contribution in [2.75, 3.05) is 20.1 Å². The van der Waals surface area contributed by atoms with Gasteiger partial charge in [0.05, 0.1) is 0 Å². The second-order valence-electron chi connectivity index (χ2n) is 3.18. The summed E-state index contributed by atoms with van der Waals surface area (Å²) in [6.07, 6.45) is 3.37. The summed E-state index contributed by atoms with van der Waals surface area (Å²) in [7, 11) is 1.83. The third-order valence-corrected chi connectivity index (χ3v) is 2.30. The predicted molar refractivity (Wildman–Crippen MR) is 44.0 cm³/mol. The van der Waals surface area contributed by atoms with Crippen LogP contribution in [0, 0.1) is 5.92 Å². The SMILES string of the molecule is CN(CCN)C(=O)C1CCC1. The lowest BCUT2D eigenvalue weighted by molar-refractivity contribution is -0.136. The first kappa shape index (κ1) is 8.53. The molecule has 1 fully saturated rings. The van der Waals surface area contributed by atoms with Crippen LogP contribution in [0.2, 0.25) is 0 Å². The van der Waals surface area contributed by atoms with Crippen LogP contribution < -0.4 is 5.73 Å². The van der Waals surface area contributed by atoms with E-state index in [0.717, 1.165) is 12.8 Å². The van der Waals surface area contributed by atoms with E-state index in [2.05, 4.69) is 0 Å². The van der Waals surface area contributed by atoms with Crippen molar-refractivity contribution >= 4 is 5.91 Å². The monoisotopic (exact) mass is 156 g/mol. The minimum atomic E-state index is 0.279. The van der Waals surface area contributed by atoms with Gasteiger partial charge in [0, 0.05) is 26.1 Å². The summed E-state index contributed by atoms with van der Waals surface area (Å²) in [5.74, 6) is 0.591. The standard InChI is InChI=1S/C8H16N2O/c1-10(6-5-9)8(11)7-3-2-4-7/h7H,2-6,9H2,1H3. The molecule has 3 heteroatoms. The van der Waals surface area contributed by atoms with Crippen LogP contribution in [0.3, 0.4) is 0 Å². The number of carbonyl (C=O) groups excluding carboxylic acids is 1. The number of rotatable bonds is 3. The van der Waals surface area contributed by atoms with Crippen molar-refractivity contribution in [3.8, 4) is 0 Å². The molecule has 0 aromatic heterocycles. The van der Waals surface area contributed by atoms with Crippen LogP contribution in [0.5, 0.6) is 0 Å². The number of amides is 1. The third kappa shape index (κ3) is 1.93. The molecule has 2 N–H and O–H groups in total.